The lowest BCUT2D eigenvalue weighted by atomic mass is 10.0. The lowest BCUT2D eigenvalue weighted by Crippen LogP contribution is -2.16. The molecule has 2 heterocycles. The van der Waals surface area contributed by atoms with Crippen LogP contribution < -0.4 is 5.73 Å². The summed E-state index contributed by atoms with van der Waals surface area (Å²) < 4.78 is 2.95. The van der Waals surface area contributed by atoms with E-state index in [4.69, 9.17) is 5.73 Å². The van der Waals surface area contributed by atoms with Gasteiger partial charge in [-0.25, -0.2) is 9.97 Å². The van der Waals surface area contributed by atoms with E-state index in [0.717, 1.165) is 22.1 Å². The predicted octanol–water partition coefficient (Wildman–Crippen LogP) is 3.38. The summed E-state index contributed by atoms with van der Waals surface area (Å²) in [5.41, 5.74) is 7.69. The van der Waals surface area contributed by atoms with Crippen LogP contribution in [0, 0.1) is 5.92 Å². The van der Waals surface area contributed by atoms with Crippen LogP contribution in [0.2, 0.25) is 0 Å². The van der Waals surface area contributed by atoms with Crippen molar-refractivity contribution >= 4 is 33.0 Å². The second-order valence-electron chi connectivity index (χ2n) is 4.46. The third kappa shape index (κ3) is 2.16. The molecule has 2 aromatic heterocycles. The van der Waals surface area contributed by atoms with E-state index in [1.807, 2.05) is 10.6 Å². The first-order valence-electron chi connectivity index (χ1n) is 5.83. The maximum Gasteiger partial charge on any atom is 0.202 e. The van der Waals surface area contributed by atoms with Crippen LogP contribution in [-0.4, -0.2) is 14.5 Å². The van der Waals surface area contributed by atoms with E-state index in [2.05, 4.69) is 46.7 Å². The third-order valence-electron chi connectivity index (χ3n) is 3.40. The second-order valence-corrected chi connectivity index (χ2v) is 5.38. The van der Waals surface area contributed by atoms with Crippen molar-refractivity contribution in [3.63, 3.8) is 0 Å². The van der Waals surface area contributed by atoms with Crippen LogP contribution in [0.3, 0.4) is 0 Å². The van der Waals surface area contributed by atoms with Crippen molar-refractivity contribution in [3.8, 4) is 0 Å². The standard InChI is InChI=1S/C12H17BrN4/c1-4-7(2)8(3)17-11-10(16-12(17)14)5-9(13)6-15-11/h5-8H,4H2,1-3H3,(H2,14,16). The molecule has 0 amide bonds. The van der Waals surface area contributed by atoms with E-state index in [1.165, 1.54) is 0 Å². The molecule has 0 saturated heterocycles. The van der Waals surface area contributed by atoms with Gasteiger partial charge in [0.1, 0.15) is 5.52 Å². The molecule has 17 heavy (non-hydrogen) atoms. The molecule has 0 aliphatic heterocycles. The topological polar surface area (TPSA) is 56.7 Å². The fourth-order valence-electron chi connectivity index (χ4n) is 1.97. The molecule has 0 aliphatic rings. The number of nitrogens with zero attached hydrogens (tertiary/aromatic N) is 3. The molecular formula is C12H17BrN4. The second kappa shape index (κ2) is 4.64. The summed E-state index contributed by atoms with van der Waals surface area (Å²) in [4.78, 5) is 8.77. The highest BCUT2D eigenvalue weighted by Gasteiger charge is 2.19. The largest absolute Gasteiger partial charge is 0.369 e. The Morgan fingerprint density at radius 2 is 2.18 bits per heavy atom. The van der Waals surface area contributed by atoms with Gasteiger partial charge in [0.05, 0.1) is 0 Å². The van der Waals surface area contributed by atoms with Crippen molar-refractivity contribution in [2.45, 2.75) is 33.2 Å². The third-order valence-corrected chi connectivity index (χ3v) is 3.83. The number of imidazole rings is 1. The lowest BCUT2D eigenvalue weighted by Gasteiger charge is -2.21. The van der Waals surface area contributed by atoms with E-state index in [0.29, 0.717) is 17.9 Å². The first kappa shape index (κ1) is 12.4. The zero-order valence-electron chi connectivity index (χ0n) is 10.3. The maximum absolute atomic E-state index is 5.99. The van der Waals surface area contributed by atoms with Gasteiger partial charge in [0.15, 0.2) is 5.65 Å². The molecule has 92 valence electrons. The van der Waals surface area contributed by atoms with E-state index < -0.39 is 0 Å². The van der Waals surface area contributed by atoms with Crippen molar-refractivity contribution in [3.05, 3.63) is 16.7 Å². The van der Waals surface area contributed by atoms with Gasteiger partial charge >= 0.3 is 0 Å². The molecule has 2 N–H and O–H groups in total. The molecule has 4 nitrogen and oxygen atoms in total. The first-order chi connectivity index (χ1) is 8.04. The van der Waals surface area contributed by atoms with E-state index in [-0.39, 0.29) is 0 Å². The summed E-state index contributed by atoms with van der Waals surface area (Å²) in [6, 6.07) is 2.25. The number of rotatable bonds is 3. The first-order valence-corrected chi connectivity index (χ1v) is 6.62. The minimum atomic E-state index is 0.304. The number of hydrogen-bond acceptors (Lipinski definition) is 3. The molecule has 0 aromatic carbocycles. The number of anilines is 1. The van der Waals surface area contributed by atoms with Gasteiger partial charge in [0, 0.05) is 16.7 Å². The number of halogens is 1. The molecule has 0 radical (unpaired) electrons. The molecule has 0 bridgehead atoms. The Labute approximate surface area is 109 Å². The van der Waals surface area contributed by atoms with E-state index in [9.17, 15) is 0 Å². The molecule has 2 atom stereocenters. The van der Waals surface area contributed by atoms with Gasteiger partial charge in [-0.05, 0) is 34.8 Å². The Bertz CT molecular complexity index is 535. The monoisotopic (exact) mass is 296 g/mol. The Balaban J connectivity index is 2.57. The van der Waals surface area contributed by atoms with Crippen LogP contribution in [0.1, 0.15) is 33.2 Å². The molecular weight excluding hydrogens is 280 g/mol. The average Bonchev–Trinajstić information content (AvgIpc) is 2.62. The van der Waals surface area contributed by atoms with Crippen molar-refractivity contribution in [2.75, 3.05) is 5.73 Å². The molecule has 0 aliphatic carbocycles. The van der Waals surface area contributed by atoms with E-state index >= 15 is 0 Å². The highest BCUT2D eigenvalue weighted by atomic mass is 79.9. The quantitative estimate of drug-likeness (QED) is 0.944. The van der Waals surface area contributed by atoms with Gasteiger partial charge in [-0.1, -0.05) is 20.3 Å². The summed E-state index contributed by atoms with van der Waals surface area (Å²) in [5.74, 6) is 1.08. The molecule has 0 saturated carbocycles. The molecule has 0 fully saturated rings. The minimum Gasteiger partial charge on any atom is -0.369 e. The minimum absolute atomic E-state index is 0.304. The molecule has 2 unspecified atom stereocenters. The van der Waals surface area contributed by atoms with Gasteiger partial charge < -0.3 is 5.73 Å². The fourth-order valence-corrected chi connectivity index (χ4v) is 2.29. The SMILES string of the molecule is CCC(C)C(C)n1c(N)nc2cc(Br)cnc21. The van der Waals surface area contributed by atoms with Gasteiger partial charge in [-0.2, -0.15) is 0 Å². The van der Waals surface area contributed by atoms with Crippen LogP contribution in [0.5, 0.6) is 0 Å². The number of nitrogen functional groups attached to an aromatic ring is 1. The lowest BCUT2D eigenvalue weighted by molar-refractivity contribution is 0.379. The number of aromatic nitrogens is 3. The Kier molecular flexibility index (Phi) is 3.38. The summed E-state index contributed by atoms with van der Waals surface area (Å²) in [5, 5.41) is 0. The van der Waals surface area contributed by atoms with Crippen LogP contribution in [-0.2, 0) is 0 Å². The summed E-state index contributed by atoms with van der Waals surface area (Å²) >= 11 is 3.39. The molecule has 5 heteroatoms. The summed E-state index contributed by atoms with van der Waals surface area (Å²) in [7, 11) is 0. The predicted molar refractivity (Wildman–Crippen MR) is 73.8 cm³/mol. The number of fused-ring (bicyclic) bond motifs is 1. The van der Waals surface area contributed by atoms with Crippen LogP contribution in [0.4, 0.5) is 5.95 Å². The van der Waals surface area contributed by atoms with Gasteiger partial charge in [-0.15, -0.1) is 0 Å². The zero-order valence-corrected chi connectivity index (χ0v) is 11.9. The maximum atomic E-state index is 5.99. The average molecular weight is 297 g/mol. The van der Waals surface area contributed by atoms with E-state index in [1.54, 1.807) is 6.20 Å². The van der Waals surface area contributed by atoms with Gasteiger partial charge in [-0.3, -0.25) is 4.57 Å². The van der Waals surface area contributed by atoms with Crippen molar-refractivity contribution in [1.82, 2.24) is 14.5 Å². The normalized spacial score (nSPS) is 15.1. The fraction of sp³-hybridized carbons (Fsp3) is 0.500. The van der Waals surface area contributed by atoms with Crippen LogP contribution in [0.15, 0.2) is 16.7 Å². The number of pyridine rings is 1. The smallest absolute Gasteiger partial charge is 0.202 e. The van der Waals surface area contributed by atoms with Crippen molar-refractivity contribution in [2.24, 2.45) is 5.92 Å². The Morgan fingerprint density at radius 1 is 1.47 bits per heavy atom. The summed E-state index contributed by atoms with van der Waals surface area (Å²) in [6.45, 7) is 6.56. The molecule has 0 spiro atoms. The van der Waals surface area contributed by atoms with Gasteiger partial charge in [0.25, 0.3) is 0 Å². The molecule has 2 rings (SSSR count). The number of hydrogen-bond donors (Lipinski definition) is 1. The number of nitrogens with two attached hydrogens (primary N) is 1. The zero-order chi connectivity index (χ0) is 12.6. The van der Waals surface area contributed by atoms with Crippen molar-refractivity contribution in [1.29, 1.82) is 0 Å². The summed E-state index contributed by atoms with van der Waals surface area (Å²) in [6.07, 6.45) is 2.89. The Hall–Kier alpha value is -1.10. The van der Waals surface area contributed by atoms with Crippen LogP contribution in [0.25, 0.3) is 11.2 Å². The Morgan fingerprint density at radius 3 is 2.82 bits per heavy atom. The highest BCUT2D eigenvalue weighted by molar-refractivity contribution is 9.10. The molecule has 2 aromatic rings. The van der Waals surface area contributed by atoms with Crippen molar-refractivity contribution < 1.29 is 0 Å². The van der Waals surface area contributed by atoms with Crippen LogP contribution >= 0.6 is 15.9 Å². The highest BCUT2D eigenvalue weighted by Crippen LogP contribution is 2.28. The van der Waals surface area contributed by atoms with Gasteiger partial charge in [0.2, 0.25) is 5.95 Å².